The quantitative estimate of drug-likeness (QED) is 0.718. The number of hydrogen-bond acceptors (Lipinski definition) is 4. The fourth-order valence-electron chi connectivity index (χ4n) is 3.56. The number of para-hydroxylation sites is 1. The van der Waals surface area contributed by atoms with E-state index in [1.807, 2.05) is 42.2 Å². The third-order valence-electron chi connectivity index (χ3n) is 5.06. The van der Waals surface area contributed by atoms with E-state index in [-0.39, 0.29) is 11.5 Å². The topological polar surface area (TPSA) is 58.4 Å². The summed E-state index contributed by atoms with van der Waals surface area (Å²) in [5.74, 6) is -0.110. The van der Waals surface area contributed by atoms with Crippen molar-refractivity contribution in [2.24, 2.45) is 0 Å². The fraction of sp³-hybridized carbons (Fsp3) is 0.286. The Balaban J connectivity index is 1.61. The molecule has 1 aromatic heterocycles. The average Bonchev–Trinajstić information content (AvgIpc) is 2.74. The minimum Gasteiger partial charge on any atom is -0.368 e. The highest BCUT2D eigenvalue weighted by Gasteiger charge is 2.25. The molecule has 0 saturated carbocycles. The molecule has 1 amide bonds. The van der Waals surface area contributed by atoms with E-state index in [0.29, 0.717) is 36.1 Å². The van der Waals surface area contributed by atoms with Gasteiger partial charge in [0.25, 0.3) is 11.5 Å². The maximum atomic E-state index is 13.2. The molecular weight excluding hydrogens is 340 g/mol. The van der Waals surface area contributed by atoms with Crippen LogP contribution in [0.25, 0.3) is 10.8 Å². The summed E-state index contributed by atoms with van der Waals surface area (Å²) < 4.78 is 1.37. The largest absolute Gasteiger partial charge is 0.368 e. The van der Waals surface area contributed by atoms with Crippen LogP contribution in [0.5, 0.6) is 0 Å². The van der Waals surface area contributed by atoms with Crippen LogP contribution in [-0.2, 0) is 6.54 Å². The predicted octanol–water partition coefficient (Wildman–Crippen LogP) is 2.38. The highest BCUT2D eigenvalue weighted by Crippen LogP contribution is 2.19. The first-order valence-corrected chi connectivity index (χ1v) is 9.28. The number of aromatic nitrogens is 2. The maximum Gasteiger partial charge on any atom is 0.275 e. The van der Waals surface area contributed by atoms with Crippen LogP contribution in [0, 0.1) is 0 Å². The molecule has 4 rings (SSSR count). The van der Waals surface area contributed by atoms with Crippen molar-refractivity contribution < 1.29 is 4.79 Å². The zero-order chi connectivity index (χ0) is 18.8. The molecule has 2 heterocycles. The third-order valence-corrected chi connectivity index (χ3v) is 5.06. The van der Waals surface area contributed by atoms with Crippen molar-refractivity contribution in [3.05, 3.63) is 70.6 Å². The number of carbonyl (C=O) groups is 1. The molecule has 1 aliphatic rings. The molecule has 0 unspecified atom stereocenters. The first-order chi connectivity index (χ1) is 13.2. The predicted molar refractivity (Wildman–Crippen MR) is 106 cm³/mol. The number of hydrogen-bond donors (Lipinski definition) is 0. The number of carbonyl (C=O) groups excluding carboxylic acids is 1. The summed E-state index contributed by atoms with van der Waals surface area (Å²) in [5.41, 5.74) is 1.38. The molecule has 0 bridgehead atoms. The molecule has 3 aromatic rings. The van der Waals surface area contributed by atoms with E-state index in [4.69, 9.17) is 0 Å². The lowest BCUT2D eigenvalue weighted by atomic mass is 10.1. The summed E-state index contributed by atoms with van der Waals surface area (Å²) in [6.07, 6.45) is 0. The third kappa shape index (κ3) is 3.18. The van der Waals surface area contributed by atoms with Crippen molar-refractivity contribution in [1.29, 1.82) is 0 Å². The molecule has 1 saturated heterocycles. The van der Waals surface area contributed by atoms with E-state index in [1.54, 1.807) is 12.1 Å². The molecular formula is C21H22N4O2. The van der Waals surface area contributed by atoms with Crippen molar-refractivity contribution in [3.63, 3.8) is 0 Å². The molecule has 0 atom stereocenters. The first-order valence-electron chi connectivity index (χ1n) is 9.28. The highest BCUT2D eigenvalue weighted by atomic mass is 16.2. The van der Waals surface area contributed by atoms with Gasteiger partial charge in [0.1, 0.15) is 0 Å². The van der Waals surface area contributed by atoms with Gasteiger partial charge in [-0.15, -0.1) is 0 Å². The van der Waals surface area contributed by atoms with Gasteiger partial charge in [0, 0.05) is 43.8 Å². The molecule has 138 valence electrons. The van der Waals surface area contributed by atoms with Crippen LogP contribution in [0.4, 0.5) is 5.69 Å². The standard InChI is InChI=1S/C21H22N4O2/c1-2-25-20(26)18-11-7-6-10-17(18)19(22-25)21(27)24-14-12-23(13-15-24)16-8-4-3-5-9-16/h3-11H,2,12-15H2,1H3. The summed E-state index contributed by atoms with van der Waals surface area (Å²) >= 11 is 0. The summed E-state index contributed by atoms with van der Waals surface area (Å²) in [6, 6.07) is 17.4. The van der Waals surface area contributed by atoms with Crippen LogP contribution in [0.2, 0.25) is 0 Å². The first kappa shape index (κ1) is 17.3. The molecule has 6 nitrogen and oxygen atoms in total. The summed E-state index contributed by atoms with van der Waals surface area (Å²) in [5, 5.41) is 5.54. The molecule has 27 heavy (non-hydrogen) atoms. The number of piperazine rings is 1. The van der Waals surface area contributed by atoms with Gasteiger partial charge < -0.3 is 9.80 Å². The average molecular weight is 362 g/mol. The minimum absolute atomic E-state index is 0.110. The summed E-state index contributed by atoms with van der Waals surface area (Å²) in [6.45, 7) is 5.12. The van der Waals surface area contributed by atoms with Crippen molar-refractivity contribution >= 4 is 22.4 Å². The van der Waals surface area contributed by atoms with E-state index in [2.05, 4.69) is 22.1 Å². The van der Waals surface area contributed by atoms with E-state index < -0.39 is 0 Å². The molecule has 0 radical (unpaired) electrons. The number of rotatable bonds is 3. The Hall–Kier alpha value is -3.15. The lowest BCUT2D eigenvalue weighted by Gasteiger charge is -2.36. The number of amides is 1. The Labute approximate surface area is 157 Å². The van der Waals surface area contributed by atoms with Crippen LogP contribution < -0.4 is 10.5 Å². The maximum absolute atomic E-state index is 13.2. The van der Waals surface area contributed by atoms with E-state index in [9.17, 15) is 9.59 Å². The second-order valence-electron chi connectivity index (χ2n) is 6.63. The monoisotopic (exact) mass is 362 g/mol. The van der Waals surface area contributed by atoms with Crippen LogP contribution in [0.3, 0.4) is 0 Å². The van der Waals surface area contributed by atoms with Gasteiger partial charge in [-0.2, -0.15) is 5.10 Å². The molecule has 0 aliphatic carbocycles. The SMILES string of the molecule is CCn1nc(C(=O)N2CCN(c3ccccc3)CC2)c2ccccc2c1=O. The number of benzene rings is 2. The fourth-order valence-corrected chi connectivity index (χ4v) is 3.56. The second-order valence-corrected chi connectivity index (χ2v) is 6.63. The molecule has 0 spiro atoms. The Bertz CT molecular complexity index is 1020. The molecule has 1 fully saturated rings. The van der Waals surface area contributed by atoms with Crippen molar-refractivity contribution in [2.75, 3.05) is 31.1 Å². The van der Waals surface area contributed by atoms with Gasteiger partial charge in [-0.3, -0.25) is 9.59 Å². The van der Waals surface area contributed by atoms with Crippen LogP contribution in [0.15, 0.2) is 59.4 Å². The molecule has 2 aromatic carbocycles. The normalized spacial score (nSPS) is 14.6. The Kier molecular flexibility index (Phi) is 4.62. The van der Waals surface area contributed by atoms with Gasteiger partial charge in [0.05, 0.1) is 5.39 Å². The lowest BCUT2D eigenvalue weighted by molar-refractivity contribution is 0.0740. The van der Waals surface area contributed by atoms with Gasteiger partial charge in [-0.05, 0) is 25.1 Å². The smallest absolute Gasteiger partial charge is 0.275 e. The summed E-state index contributed by atoms with van der Waals surface area (Å²) in [7, 11) is 0. The molecule has 6 heteroatoms. The van der Waals surface area contributed by atoms with Gasteiger partial charge in [-0.25, -0.2) is 4.68 Å². The van der Waals surface area contributed by atoms with Gasteiger partial charge in [0.2, 0.25) is 0 Å². The highest BCUT2D eigenvalue weighted by molar-refractivity contribution is 6.04. The van der Waals surface area contributed by atoms with E-state index in [1.165, 1.54) is 10.4 Å². The molecule has 0 N–H and O–H groups in total. The van der Waals surface area contributed by atoms with Crippen LogP contribution in [0.1, 0.15) is 17.4 Å². The van der Waals surface area contributed by atoms with Gasteiger partial charge in [0.15, 0.2) is 5.69 Å². The molecule has 1 aliphatic heterocycles. The Morgan fingerprint density at radius 1 is 0.926 bits per heavy atom. The number of anilines is 1. The Morgan fingerprint density at radius 2 is 1.56 bits per heavy atom. The van der Waals surface area contributed by atoms with Crippen molar-refractivity contribution in [1.82, 2.24) is 14.7 Å². The zero-order valence-electron chi connectivity index (χ0n) is 15.3. The number of fused-ring (bicyclic) bond motifs is 1. The number of aryl methyl sites for hydroxylation is 1. The lowest BCUT2D eigenvalue weighted by Crippen LogP contribution is -2.49. The van der Waals surface area contributed by atoms with E-state index >= 15 is 0 Å². The second kappa shape index (κ2) is 7.23. The van der Waals surface area contributed by atoms with Crippen LogP contribution in [-0.4, -0.2) is 46.8 Å². The Morgan fingerprint density at radius 3 is 2.22 bits per heavy atom. The van der Waals surface area contributed by atoms with Crippen molar-refractivity contribution in [2.45, 2.75) is 13.5 Å². The van der Waals surface area contributed by atoms with Crippen molar-refractivity contribution in [3.8, 4) is 0 Å². The number of nitrogens with zero attached hydrogens (tertiary/aromatic N) is 4. The summed E-state index contributed by atoms with van der Waals surface area (Å²) in [4.78, 5) is 29.8. The minimum atomic E-state index is -0.154. The van der Waals surface area contributed by atoms with E-state index in [0.717, 1.165) is 13.1 Å². The van der Waals surface area contributed by atoms with Gasteiger partial charge in [-0.1, -0.05) is 36.4 Å². The van der Waals surface area contributed by atoms with Gasteiger partial charge >= 0.3 is 0 Å². The zero-order valence-corrected chi connectivity index (χ0v) is 15.3. The van der Waals surface area contributed by atoms with Crippen LogP contribution >= 0.6 is 0 Å².